The Morgan fingerprint density at radius 2 is 2.33 bits per heavy atom. The fraction of sp³-hybridized carbons (Fsp3) is 0.444. The van der Waals surface area contributed by atoms with Crippen molar-refractivity contribution >= 4 is 5.90 Å². The molecule has 0 aromatic carbocycles. The molecule has 64 valence electrons. The summed E-state index contributed by atoms with van der Waals surface area (Å²) in [5, 5.41) is 0. The summed E-state index contributed by atoms with van der Waals surface area (Å²) in [6, 6.07) is 1.85. The van der Waals surface area contributed by atoms with Crippen LogP contribution in [0.4, 0.5) is 0 Å². The SMILES string of the molecule is CC1(C)COC(c2ccoc2)=N1. The van der Waals surface area contributed by atoms with E-state index in [4.69, 9.17) is 9.15 Å². The van der Waals surface area contributed by atoms with Gasteiger partial charge in [-0.05, 0) is 19.9 Å². The zero-order valence-electron chi connectivity index (χ0n) is 7.20. The molecule has 0 bridgehead atoms. The summed E-state index contributed by atoms with van der Waals surface area (Å²) in [5.41, 5.74) is 0.827. The van der Waals surface area contributed by atoms with Crippen LogP contribution in [-0.4, -0.2) is 18.0 Å². The van der Waals surface area contributed by atoms with E-state index in [1.165, 1.54) is 0 Å². The monoisotopic (exact) mass is 165 g/mol. The second kappa shape index (κ2) is 2.37. The summed E-state index contributed by atoms with van der Waals surface area (Å²) >= 11 is 0. The topological polar surface area (TPSA) is 34.7 Å². The molecule has 2 rings (SSSR count). The van der Waals surface area contributed by atoms with Gasteiger partial charge in [0.25, 0.3) is 0 Å². The van der Waals surface area contributed by atoms with E-state index >= 15 is 0 Å². The molecule has 1 aromatic heterocycles. The maximum atomic E-state index is 5.40. The van der Waals surface area contributed by atoms with E-state index in [0.717, 1.165) is 5.56 Å². The molecule has 1 aliphatic rings. The third-order valence-corrected chi connectivity index (χ3v) is 1.73. The van der Waals surface area contributed by atoms with Gasteiger partial charge in [-0.15, -0.1) is 0 Å². The normalized spacial score (nSPS) is 20.3. The lowest BCUT2D eigenvalue weighted by Gasteiger charge is -2.07. The smallest absolute Gasteiger partial charge is 0.220 e. The van der Waals surface area contributed by atoms with Crippen molar-refractivity contribution in [2.75, 3.05) is 6.61 Å². The Balaban J connectivity index is 2.28. The average molecular weight is 165 g/mol. The number of furan rings is 1. The van der Waals surface area contributed by atoms with Gasteiger partial charge in [0, 0.05) is 0 Å². The Morgan fingerprint density at radius 3 is 2.83 bits per heavy atom. The highest BCUT2D eigenvalue weighted by Gasteiger charge is 2.27. The highest BCUT2D eigenvalue weighted by molar-refractivity contribution is 5.95. The van der Waals surface area contributed by atoms with Gasteiger partial charge in [0.05, 0.1) is 17.4 Å². The van der Waals surface area contributed by atoms with Gasteiger partial charge < -0.3 is 9.15 Å². The highest BCUT2D eigenvalue weighted by atomic mass is 16.5. The fourth-order valence-electron chi connectivity index (χ4n) is 1.12. The molecule has 0 fully saturated rings. The molecule has 1 aliphatic heterocycles. The summed E-state index contributed by atoms with van der Waals surface area (Å²) in [6.45, 7) is 4.73. The molecule has 0 radical (unpaired) electrons. The third-order valence-electron chi connectivity index (χ3n) is 1.73. The van der Waals surface area contributed by atoms with Gasteiger partial charge in [0.1, 0.15) is 12.9 Å². The summed E-state index contributed by atoms with van der Waals surface area (Å²) in [6.07, 6.45) is 3.26. The lowest BCUT2D eigenvalue weighted by atomic mass is 10.1. The highest BCUT2D eigenvalue weighted by Crippen LogP contribution is 2.20. The molecule has 0 amide bonds. The molecule has 0 spiro atoms. The van der Waals surface area contributed by atoms with Gasteiger partial charge in [0.15, 0.2) is 0 Å². The molecule has 0 saturated carbocycles. The summed E-state index contributed by atoms with van der Waals surface area (Å²) < 4.78 is 10.3. The Kier molecular flexibility index (Phi) is 1.46. The predicted octanol–water partition coefficient (Wildman–Crippen LogP) is 1.83. The minimum absolute atomic E-state index is 0.0907. The van der Waals surface area contributed by atoms with Crippen molar-refractivity contribution in [2.24, 2.45) is 4.99 Å². The molecule has 2 heterocycles. The standard InChI is InChI=1S/C9H11NO2/c1-9(2)6-12-8(10-9)7-3-4-11-5-7/h3-5H,6H2,1-2H3. The quantitative estimate of drug-likeness (QED) is 0.636. The van der Waals surface area contributed by atoms with Crippen LogP contribution in [0, 0.1) is 0 Å². The minimum atomic E-state index is -0.0907. The minimum Gasteiger partial charge on any atom is -0.475 e. The van der Waals surface area contributed by atoms with Crippen LogP contribution in [-0.2, 0) is 4.74 Å². The molecule has 0 atom stereocenters. The second-order valence-corrected chi connectivity index (χ2v) is 3.53. The van der Waals surface area contributed by atoms with Crippen molar-refractivity contribution in [2.45, 2.75) is 19.4 Å². The molecule has 0 saturated heterocycles. The van der Waals surface area contributed by atoms with Crippen LogP contribution < -0.4 is 0 Å². The van der Waals surface area contributed by atoms with Crippen LogP contribution in [0.2, 0.25) is 0 Å². The van der Waals surface area contributed by atoms with Gasteiger partial charge in [-0.2, -0.15) is 0 Å². The van der Waals surface area contributed by atoms with E-state index in [1.54, 1.807) is 12.5 Å². The first-order chi connectivity index (χ1) is 5.67. The van der Waals surface area contributed by atoms with Crippen molar-refractivity contribution in [1.29, 1.82) is 0 Å². The van der Waals surface area contributed by atoms with Gasteiger partial charge in [-0.25, -0.2) is 4.99 Å². The van der Waals surface area contributed by atoms with Crippen molar-refractivity contribution in [3.63, 3.8) is 0 Å². The number of rotatable bonds is 1. The van der Waals surface area contributed by atoms with Crippen molar-refractivity contribution in [1.82, 2.24) is 0 Å². The summed E-state index contributed by atoms with van der Waals surface area (Å²) in [7, 11) is 0. The van der Waals surface area contributed by atoms with E-state index in [1.807, 2.05) is 19.9 Å². The Labute approximate surface area is 71.1 Å². The van der Waals surface area contributed by atoms with Gasteiger partial charge in [-0.3, -0.25) is 0 Å². The summed E-state index contributed by atoms with van der Waals surface area (Å²) in [4.78, 5) is 4.40. The maximum absolute atomic E-state index is 5.40. The molecule has 0 aliphatic carbocycles. The van der Waals surface area contributed by atoms with Crippen LogP contribution in [0.3, 0.4) is 0 Å². The van der Waals surface area contributed by atoms with Crippen molar-refractivity contribution in [3.8, 4) is 0 Å². The summed E-state index contributed by atoms with van der Waals surface area (Å²) in [5.74, 6) is 0.689. The van der Waals surface area contributed by atoms with Crippen LogP contribution >= 0.6 is 0 Å². The van der Waals surface area contributed by atoms with Crippen LogP contribution in [0.15, 0.2) is 28.0 Å². The Morgan fingerprint density at radius 1 is 1.50 bits per heavy atom. The van der Waals surface area contributed by atoms with Crippen LogP contribution in [0.1, 0.15) is 19.4 Å². The fourth-order valence-corrected chi connectivity index (χ4v) is 1.12. The van der Waals surface area contributed by atoms with E-state index in [0.29, 0.717) is 12.5 Å². The number of nitrogens with zero attached hydrogens (tertiary/aromatic N) is 1. The molecule has 0 unspecified atom stereocenters. The van der Waals surface area contributed by atoms with Crippen molar-refractivity contribution < 1.29 is 9.15 Å². The van der Waals surface area contributed by atoms with E-state index in [9.17, 15) is 0 Å². The maximum Gasteiger partial charge on any atom is 0.220 e. The number of aliphatic imine (C=N–C) groups is 1. The zero-order valence-corrected chi connectivity index (χ0v) is 7.20. The number of hydrogen-bond acceptors (Lipinski definition) is 3. The van der Waals surface area contributed by atoms with Gasteiger partial charge >= 0.3 is 0 Å². The largest absolute Gasteiger partial charge is 0.475 e. The molecule has 12 heavy (non-hydrogen) atoms. The molecule has 3 heteroatoms. The molecule has 1 aromatic rings. The Bertz CT molecular complexity index is 298. The van der Waals surface area contributed by atoms with Gasteiger partial charge in [0.2, 0.25) is 5.90 Å². The molecular formula is C9H11NO2. The molecular weight excluding hydrogens is 154 g/mol. The molecule has 0 N–H and O–H groups in total. The number of hydrogen-bond donors (Lipinski definition) is 0. The average Bonchev–Trinajstić information content (AvgIpc) is 2.55. The Hall–Kier alpha value is -1.25. The first-order valence-corrected chi connectivity index (χ1v) is 3.93. The predicted molar refractivity (Wildman–Crippen MR) is 45.3 cm³/mol. The first-order valence-electron chi connectivity index (χ1n) is 3.93. The lowest BCUT2D eigenvalue weighted by Crippen LogP contribution is -2.17. The van der Waals surface area contributed by atoms with E-state index in [2.05, 4.69) is 4.99 Å². The first kappa shape index (κ1) is 7.40. The van der Waals surface area contributed by atoms with Crippen LogP contribution in [0.5, 0.6) is 0 Å². The number of ether oxygens (including phenoxy) is 1. The second-order valence-electron chi connectivity index (χ2n) is 3.53. The van der Waals surface area contributed by atoms with Crippen LogP contribution in [0.25, 0.3) is 0 Å². The van der Waals surface area contributed by atoms with Crippen molar-refractivity contribution in [3.05, 3.63) is 24.2 Å². The molecule has 3 nitrogen and oxygen atoms in total. The van der Waals surface area contributed by atoms with E-state index < -0.39 is 0 Å². The van der Waals surface area contributed by atoms with Gasteiger partial charge in [-0.1, -0.05) is 0 Å². The third kappa shape index (κ3) is 1.22. The zero-order chi connectivity index (χ0) is 8.60. The van der Waals surface area contributed by atoms with E-state index in [-0.39, 0.29) is 5.54 Å². The lowest BCUT2D eigenvalue weighted by molar-refractivity contribution is 0.279.